The molecule has 0 spiro atoms. The second-order valence-corrected chi connectivity index (χ2v) is 7.39. The molecular weight excluding hydrogens is 363 g/mol. The topological polar surface area (TPSA) is 86.7 Å². The summed E-state index contributed by atoms with van der Waals surface area (Å²) < 4.78 is 38.1. The summed E-state index contributed by atoms with van der Waals surface area (Å²) in [6.07, 6.45) is 6.48. The molecule has 1 N–H and O–H groups in total. The Morgan fingerprint density at radius 1 is 1.04 bits per heavy atom. The maximum Gasteiger partial charge on any atom is 1.00 e. The van der Waals surface area contributed by atoms with Gasteiger partial charge in [-0.25, -0.2) is 0 Å². The summed E-state index contributed by atoms with van der Waals surface area (Å²) in [6, 6.07) is 10.4. The smallest absolute Gasteiger partial charge is 0.872 e. The molecule has 7 heteroatoms. The van der Waals surface area contributed by atoms with Crippen molar-refractivity contribution in [3.05, 3.63) is 48.0 Å². The molecule has 0 aliphatic carbocycles. The molecular formula is C19H23NaO5S. The van der Waals surface area contributed by atoms with Crippen molar-refractivity contribution >= 4 is 10.1 Å². The number of aryl methyl sites for hydroxylation is 1. The molecule has 0 atom stereocenters. The molecule has 2 aromatic carbocycles. The number of unbranched alkanes of at least 4 members (excludes halogenated alkanes) is 4. The van der Waals surface area contributed by atoms with Crippen molar-refractivity contribution in [3.8, 4) is 17.2 Å². The Morgan fingerprint density at radius 3 is 2.42 bits per heavy atom. The van der Waals surface area contributed by atoms with Gasteiger partial charge in [-0.05, 0) is 42.7 Å². The Hall–Kier alpha value is -1.05. The molecule has 5 nitrogen and oxygen atoms in total. The van der Waals surface area contributed by atoms with E-state index in [1.807, 2.05) is 0 Å². The summed E-state index contributed by atoms with van der Waals surface area (Å²) in [4.78, 5) is -0.307. The number of ether oxygens (including phenoxy) is 1. The first kappa shape index (κ1) is 23.0. The van der Waals surface area contributed by atoms with E-state index in [9.17, 15) is 18.1 Å². The number of hydrogen-bond donors (Lipinski definition) is 1. The largest absolute Gasteiger partial charge is 1.00 e. The number of benzene rings is 2. The number of rotatable bonds is 9. The Kier molecular flexibility index (Phi) is 9.68. The normalized spacial score (nSPS) is 11.0. The van der Waals surface area contributed by atoms with Crippen LogP contribution in [0.3, 0.4) is 0 Å². The summed E-state index contributed by atoms with van der Waals surface area (Å²) in [6.45, 7) is 2.16. The van der Waals surface area contributed by atoms with Gasteiger partial charge < -0.3 is 9.84 Å². The maximum absolute atomic E-state index is 11.6. The van der Waals surface area contributed by atoms with Crippen LogP contribution in [0.2, 0.25) is 0 Å². The minimum absolute atomic E-state index is 0. The van der Waals surface area contributed by atoms with Gasteiger partial charge in [0.15, 0.2) is 0 Å². The molecule has 136 valence electrons. The Morgan fingerprint density at radius 2 is 1.77 bits per heavy atom. The first-order chi connectivity index (χ1) is 11.9. The quantitative estimate of drug-likeness (QED) is 0.399. The maximum atomic E-state index is 11.6. The van der Waals surface area contributed by atoms with Crippen LogP contribution in [0.4, 0.5) is 0 Å². The summed E-state index contributed by atoms with van der Waals surface area (Å²) in [7, 11) is -4.42. The summed E-state index contributed by atoms with van der Waals surface area (Å²) in [5.74, 6) is 0.0228. The third-order valence-electron chi connectivity index (χ3n) is 3.89. The van der Waals surface area contributed by atoms with E-state index in [1.54, 1.807) is 18.2 Å². The first-order valence-electron chi connectivity index (χ1n) is 8.45. The molecule has 2 rings (SSSR count). The summed E-state index contributed by atoms with van der Waals surface area (Å²) >= 11 is 0. The third-order valence-corrected chi connectivity index (χ3v) is 4.78. The first-order valence-corrected chi connectivity index (χ1v) is 9.89. The molecule has 0 aliphatic heterocycles. The Bertz CT molecular complexity index is 805. The standard InChI is InChI=1S/C19H24O5S.Na/c1-2-3-4-5-6-8-15-11-12-19(25(21,22)23)18(13-15)24-17-10-7-9-16(20)14-17;/h7,9-14,20H,2-6,8H2,1H3,(H,21,22,23);/q;+1/p-1. The fourth-order valence-corrected chi connectivity index (χ4v) is 3.19. The van der Waals surface area contributed by atoms with Gasteiger partial charge in [0.05, 0.1) is 0 Å². The van der Waals surface area contributed by atoms with Gasteiger partial charge in [-0.2, -0.15) is 8.42 Å². The van der Waals surface area contributed by atoms with Crippen molar-refractivity contribution in [1.29, 1.82) is 0 Å². The van der Waals surface area contributed by atoms with Gasteiger partial charge in [0.2, 0.25) is 0 Å². The van der Waals surface area contributed by atoms with Gasteiger partial charge in [0.1, 0.15) is 16.4 Å². The van der Waals surface area contributed by atoms with Crippen molar-refractivity contribution in [2.24, 2.45) is 0 Å². The van der Waals surface area contributed by atoms with E-state index < -0.39 is 10.1 Å². The second-order valence-electron chi connectivity index (χ2n) is 6.00. The minimum atomic E-state index is -4.42. The van der Waals surface area contributed by atoms with Crippen molar-refractivity contribution in [2.75, 3.05) is 0 Å². The van der Waals surface area contributed by atoms with Crippen molar-refractivity contribution in [3.63, 3.8) is 0 Å². The predicted octanol–water partition coefficient (Wildman–Crippen LogP) is 1.32. The second kappa shape index (κ2) is 10.9. The van der Waals surface area contributed by atoms with Crippen LogP contribution in [0.5, 0.6) is 17.2 Å². The van der Waals surface area contributed by atoms with E-state index in [4.69, 9.17) is 4.74 Å². The number of hydrogen-bond acceptors (Lipinski definition) is 4. The molecule has 0 unspecified atom stereocenters. The average Bonchev–Trinajstić information content (AvgIpc) is 2.54. The van der Waals surface area contributed by atoms with Crippen LogP contribution in [-0.2, 0) is 16.5 Å². The Balaban J connectivity index is 0.00000338. The minimum Gasteiger partial charge on any atom is -0.872 e. The molecule has 0 amide bonds. The summed E-state index contributed by atoms with van der Waals surface area (Å²) in [5, 5.41) is 11.4. The zero-order valence-corrected chi connectivity index (χ0v) is 18.1. The van der Waals surface area contributed by atoms with E-state index in [2.05, 4.69) is 6.92 Å². The van der Waals surface area contributed by atoms with Gasteiger partial charge in [0.25, 0.3) is 10.1 Å². The van der Waals surface area contributed by atoms with Crippen LogP contribution in [0, 0.1) is 0 Å². The molecule has 0 aromatic heterocycles. The zero-order chi connectivity index (χ0) is 18.3. The fraction of sp³-hybridized carbons (Fsp3) is 0.368. The van der Waals surface area contributed by atoms with Gasteiger partial charge >= 0.3 is 29.6 Å². The van der Waals surface area contributed by atoms with Gasteiger partial charge in [-0.1, -0.05) is 50.8 Å². The Labute approximate surface area is 177 Å². The molecule has 26 heavy (non-hydrogen) atoms. The van der Waals surface area contributed by atoms with Gasteiger partial charge in [-0.15, -0.1) is 5.75 Å². The van der Waals surface area contributed by atoms with Crippen LogP contribution in [0.15, 0.2) is 47.4 Å². The van der Waals surface area contributed by atoms with Gasteiger partial charge in [0, 0.05) is 0 Å². The van der Waals surface area contributed by atoms with E-state index >= 15 is 0 Å². The molecule has 0 saturated carbocycles. The predicted molar refractivity (Wildman–Crippen MR) is 94.7 cm³/mol. The van der Waals surface area contributed by atoms with E-state index in [0.29, 0.717) is 0 Å². The van der Waals surface area contributed by atoms with Crippen LogP contribution >= 0.6 is 0 Å². The van der Waals surface area contributed by atoms with Crippen LogP contribution in [0.25, 0.3) is 0 Å². The molecule has 0 aliphatic rings. The molecule has 0 radical (unpaired) electrons. The van der Waals surface area contributed by atoms with E-state index in [-0.39, 0.29) is 51.7 Å². The zero-order valence-electron chi connectivity index (χ0n) is 15.3. The summed E-state index contributed by atoms with van der Waals surface area (Å²) in [5.41, 5.74) is 0.928. The third kappa shape index (κ3) is 7.29. The van der Waals surface area contributed by atoms with Crippen molar-refractivity contribution < 1.29 is 52.4 Å². The molecule has 0 fully saturated rings. The molecule has 2 aromatic rings. The fourth-order valence-electron chi connectivity index (χ4n) is 2.60. The van der Waals surface area contributed by atoms with Crippen LogP contribution in [0.1, 0.15) is 44.6 Å². The van der Waals surface area contributed by atoms with Crippen molar-refractivity contribution in [2.45, 2.75) is 50.3 Å². The van der Waals surface area contributed by atoms with E-state index in [1.165, 1.54) is 43.5 Å². The van der Waals surface area contributed by atoms with Crippen LogP contribution < -0.4 is 39.4 Å². The molecule has 0 bridgehead atoms. The monoisotopic (exact) mass is 386 g/mol. The van der Waals surface area contributed by atoms with Crippen molar-refractivity contribution in [1.82, 2.24) is 0 Å². The van der Waals surface area contributed by atoms with Crippen LogP contribution in [-0.4, -0.2) is 13.0 Å². The van der Waals surface area contributed by atoms with E-state index in [0.717, 1.165) is 24.8 Å². The van der Waals surface area contributed by atoms with Gasteiger partial charge in [-0.3, -0.25) is 4.55 Å². The average molecular weight is 386 g/mol. The molecule has 0 heterocycles. The SMILES string of the molecule is CCCCCCCc1ccc(S(=O)(=O)O)c(Oc2cccc([O-])c2)c1.[Na+]. The molecule has 0 saturated heterocycles.